The van der Waals surface area contributed by atoms with Crippen molar-refractivity contribution in [3.05, 3.63) is 222 Å². The predicted octanol–water partition coefficient (Wildman–Crippen LogP) is 12.1. The summed E-state index contributed by atoms with van der Waals surface area (Å²) in [6, 6.07) is 65.5. The Bertz CT molecular complexity index is 2460. The fourth-order valence-electron chi connectivity index (χ4n) is 7.69. The average molecular weight is 650 g/mol. The molecule has 0 bridgehead atoms. The molecular formula is C48H31N3. The molecule has 0 unspecified atom stereocenters. The van der Waals surface area contributed by atoms with Crippen LogP contribution >= 0.6 is 0 Å². The van der Waals surface area contributed by atoms with Crippen LogP contribution in [-0.4, -0.2) is 9.97 Å². The second-order valence-electron chi connectivity index (χ2n) is 12.8. The number of rotatable bonds is 6. The molecule has 238 valence electrons. The Hall–Kier alpha value is -6.89. The third-order valence-corrected chi connectivity index (χ3v) is 10.0. The first-order valence-electron chi connectivity index (χ1n) is 17.1. The Labute approximate surface area is 298 Å². The van der Waals surface area contributed by atoms with Crippen LogP contribution in [0.25, 0.3) is 61.0 Å². The molecule has 1 aromatic heterocycles. The molecule has 1 aliphatic carbocycles. The molecule has 7 aromatic carbocycles. The van der Waals surface area contributed by atoms with Crippen LogP contribution < -0.4 is 0 Å². The number of benzene rings is 7. The monoisotopic (exact) mass is 649 g/mol. The van der Waals surface area contributed by atoms with E-state index in [-0.39, 0.29) is 0 Å². The van der Waals surface area contributed by atoms with E-state index in [1.165, 1.54) is 16.7 Å². The summed E-state index contributed by atoms with van der Waals surface area (Å²) in [5, 5.41) is 0. The van der Waals surface area contributed by atoms with E-state index in [4.69, 9.17) is 16.5 Å². The third kappa shape index (κ3) is 5.05. The highest BCUT2D eigenvalue weighted by molar-refractivity contribution is 5.95. The number of hydrogen-bond donors (Lipinski definition) is 0. The summed E-state index contributed by atoms with van der Waals surface area (Å²) in [6.45, 7) is 8.10. The van der Waals surface area contributed by atoms with Gasteiger partial charge in [0.1, 0.15) is 0 Å². The molecule has 9 rings (SSSR count). The lowest BCUT2D eigenvalue weighted by molar-refractivity contribution is 0.769. The van der Waals surface area contributed by atoms with Crippen molar-refractivity contribution in [3.63, 3.8) is 0 Å². The van der Waals surface area contributed by atoms with Gasteiger partial charge in [0.2, 0.25) is 0 Å². The maximum Gasteiger partial charge on any atom is 0.195 e. The first-order valence-corrected chi connectivity index (χ1v) is 17.1. The van der Waals surface area contributed by atoms with Crippen molar-refractivity contribution in [3.8, 4) is 56.2 Å². The van der Waals surface area contributed by atoms with Crippen molar-refractivity contribution in [1.82, 2.24) is 9.97 Å². The lowest BCUT2D eigenvalue weighted by atomic mass is 9.67. The number of fused-ring (bicyclic) bond motifs is 3. The lowest BCUT2D eigenvalue weighted by Crippen LogP contribution is -2.28. The first kappa shape index (κ1) is 30.2. The Balaban J connectivity index is 1.19. The standard InChI is InChI=1S/C48H31N3/c1-49-43-24-14-23-41-46(43)40-30-29-37(31-42(40)48(41,38-19-10-4-11-20-38)39-21-12-5-13-22-39)33-25-27-35(28-26-33)45-32-44(34-15-6-2-7-16-34)50-47(51-45)36-17-8-3-9-18-36/h2-32H. The number of nitrogens with zero attached hydrogens (tertiary/aromatic N) is 3. The zero-order valence-corrected chi connectivity index (χ0v) is 27.7. The van der Waals surface area contributed by atoms with Crippen molar-refractivity contribution in [2.45, 2.75) is 5.41 Å². The van der Waals surface area contributed by atoms with Gasteiger partial charge in [0.05, 0.1) is 23.4 Å². The summed E-state index contributed by atoms with van der Waals surface area (Å²) in [6.07, 6.45) is 0. The maximum atomic E-state index is 8.10. The van der Waals surface area contributed by atoms with Gasteiger partial charge in [-0.1, -0.05) is 176 Å². The zero-order valence-electron chi connectivity index (χ0n) is 27.7. The van der Waals surface area contributed by atoms with E-state index >= 15 is 0 Å². The van der Waals surface area contributed by atoms with Gasteiger partial charge < -0.3 is 0 Å². The third-order valence-electron chi connectivity index (χ3n) is 10.0. The van der Waals surface area contributed by atoms with E-state index in [2.05, 4.69) is 144 Å². The zero-order chi connectivity index (χ0) is 34.2. The molecule has 0 amide bonds. The number of aromatic nitrogens is 2. The average Bonchev–Trinajstić information content (AvgIpc) is 3.52. The summed E-state index contributed by atoms with van der Waals surface area (Å²) in [7, 11) is 0. The Morgan fingerprint density at radius 3 is 1.51 bits per heavy atom. The molecule has 3 heteroatoms. The van der Waals surface area contributed by atoms with Crippen molar-refractivity contribution in [1.29, 1.82) is 0 Å². The highest BCUT2D eigenvalue weighted by atomic mass is 14.9. The fourth-order valence-corrected chi connectivity index (χ4v) is 7.69. The van der Waals surface area contributed by atoms with Gasteiger partial charge in [-0.15, -0.1) is 0 Å². The molecule has 0 aliphatic heterocycles. The summed E-state index contributed by atoms with van der Waals surface area (Å²) < 4.78 is 0. The van der Waals surface area contributed by atoms with Gasteiger partial charge in [-0.3, -0.25) is 0 Å². The molecule has 0 radical (unpaired) electrons. The molecule has 0 saturated heterocycles. The van der Waals surface area contributed by atoms with Gasteiger partial charge in [0.25, 0.3) is 0 Å². The van der Waals surface area contributed by atoms with Crippen LogP contribution in [0.1, 0.15) is 22.3 Å². The van der Waals surface area contributed by atoms with E-state index in [9.17, 15) is 0 Å². The molecule has 1 heterocycles. The van der Waals surface area contributed by atoms with E-state index in [1.807, 2.05) is 48.5 Å². The molecule has 0 atom stereocenters. The highest BCUT2D eigenvalue weighted by Gasteiger charge is 2.46. The van der Waals surface area contributed by atoms with Crippen LogP contribution in [0.5, 0.6) is 0 Å². The predicted molar refractivity (Wildman–Crippen MR) is 207 cm³/mol. The van der Waals surface area contributed by atoms with Gasteiger partial charge in [-0.25, -0.2) is 14.8 Å². The highest BCUT2D eigenvalue weighted by Crippen LogP contribution is 2.59. The van der Waals surface area contributed by atoms with Crippen LogP contribution in [0.3, 0.4) is 0 Å². The van der Waals surface area contributed by atoms with Gasteiger partial charge >= 0.3 is 0 Å². The molecule has 0 spiro atoms. The Morgan fingerprint density at radius 2 is 0.922 bits per heavy atom. The van der Waals surface area contributed by atoms with Crippen molar-refractivity contribution >= 4 is 5.69 Å². The first-order chi connectivity index (χ1) is 25.2. The van der Waals surface area contributed by atoms with Gasteiger partial charge in [0.15, 0.2) is 11.5 Å². The second-order valence-corrected chi connectivity index (χ2v) is 12.8. The minimum Gasteiger partial charge on any atom is -0.238 e. The van der Waals surface area contributed by atoms with Crippen LogP contribution in [0, 0.1) is 6.57 Å². The Kier molecular flexibility index (Phi) is 7.42. The normalized spacial score (nSPS) is 12.5. The number of hydrogen-bond acceptors (Lipinski definition) is 2. The molecule has 0 fully saturated rings. The van der Waals surface area contributed by atoms with Crippen LogP contribution in [-0.2, 0) is 5.41 Å². The van der Waals surface area contributed by atoms with Crippen LogP contribution in [0.4, 0.5) is 5.69 Å². The van der Waals surface area contributed by atoms with Gasteiger partial charge in [-0.2, -0.15) is 0 Å². The van der Waals surface area contributed by atoms with E-state index < -0.39 is 5.41 Å². The molecule has 51 heavy (non-hydrogen) atoms. The largest absolute Gasteiger partial charge is 0.238 e. The molecule has 3 nitrogen and oxygen atoms in total. The van der Waals surface area contributed by atoms with Gasteiger partial charge in [0, 0.05) is 16.7 Å². The summed E-state index contributed by atoms with van der Waals surface area (Å²) in [5.41, 5.74) is 13.9. The lowest BCUT2D eigenvalue weighted by Gasteiger charge is -2.34. The fraction of sp³-hybridized carbons (Fsp3) is 0.0208. The minimum atomic E-state index is -0.577. The van der Waals surface area contributed by atoms with Crippen molar-refractivity contribution < 1.29 is 0 Å². The molecule has 0 saturated carbocycles. The summed E-state index contributed by atoms with van der Waals surface area (Å²) in [5.74, 6) is 0.700. The van der Waals surface area contributed by atoms with E-state index in [1.54, 1.807) is 0 Å². The minimum absolute atomic E-state index is 0.577. The van der Waals surface area contributed by atoms with E-state index in [0.717, 1.165) is 55.9 Å². The van der Waals surface area contributed by atoms with Crippen molar-refractivity contribution in [2.24, 2.45) is 0 Å². The maximum absolute atomic E-state index is 8.10. The van der Waals surface area contributed by atoms with Crippen LogP contribution in [0.2, 0.25) is 0 Å². The molecule has 0 N–H and O–H groups in total. The van der Waals surface area contributed by atoms with Crippen LogP contribution in [0.15, 0.2) is 188 Å². The topological polar surface area (TPSA) is 30.1 Å². The quantitative estimate of drug-likeness (QED) is 0.168. The summed E-state index contributed by atoms with van der Waals surface area (Å²) in [4.78, 5) is 14.0. The van der Waals surface area contributed by atoms with Gasteiger partial charge in [-0.05, 0) is 56.6 Å². The molecule has 1 aliphatic rings. The SMILES string of the molecule is [C-]#[N+]c1cccc2c1-c1ccc(-c3ccc(-c4cc(-c5ccccc5)nc(-c5ccccc5)n4)cc3)cc1C2(c1ccccc1)c1ccccc1. The Morgan fingerprint density at radius 1 is 0.412 bits per heavy atom. The smallest absolute Gasteiger partial charge is 0.195 e. The van der Waals surface area contributed by atoms with E-state index in [0.29, 0.717) is 11.5 Å². The second kappa shape index (κ2) is 12.5. The van der Waals surface area contributed by atoms with Crippen molar-refractivity contribution in [2.75, 3.05) is 0 Å². The molecule has 8 aromatic rings. The summed E-state index contributed by atoms with van der Waals surface area (Å²) >= 11 is 0. The molecular weight excluding hydrogens is 619 g/mol.